The Hall–Kier alpha value is -0.940. The van der Waals surface area contributed by atoms with E-state index in [-0.39, 0.29) is 0 Å². The van der Waals surface area contributed by atoms with Gasteiger partial charge in [-0.05, 0) is 43.4 Å². The number of imidazole rings is 1. The molecule has 96 valence electrons. The van der Waals surface area contributed by atoms with Gasteiger partial charge in [0.05, 0.1) is 18.1 Å². The summed E-state index contributed by atoms with van der Waals surface area (Å²) in [4.78, 5) is 3.27. The maximum Gasteiger partial charge on any atom is 0.178 e. The molecule has 0 aliphatic heterocycles. The average molecular weight is 280 g/mol. The number of nitrogens with zero attached hydrogens (tertiary/aromatic N) is 1. The SMILES string of the molecule is COc1ccc2[nH]c(=S)n(CC3(SC)CC3)c2c1. The molecule has 1 fully saturated rings. The van der Waals surface area contributed by atoms with Gasteiger partial charge in [0.25, 0.3) is 0 Å². The van der Waals surface area contributed by atoms with E-state index in [4.69, 9.17) is 17.0 Å². The quantitative estimate of drug-likeness (QED) is 0.868. The first-order chi connectivity index (χ1) is 8.67. The Kier molecular flexibility index (Phi) is 2.90. The summed E-state index contributed by atoms with van der Waals surface area (Å²) in [5.74, 6) is 0.874. The van der Waals surface area contributed by atoms with E-state index in [1.807, 2.05) is 23.9 Å². The number of thioether (sulfide) groups is 1. The second-order valence-electron chi connectivity index (χ2n) is 4.79. The zero-order valence-electron chi connectivity index (χ0n) is 10.5. The molecule has 1 heterocycles. The molecule has 18 heavy (non-hydrogen) atoms. The summed E-state index contributed by atoms with van der Waals surface area (Å²) in [5, 5.41) is 0. The number of methoxy groups -OCH3 is 1. The molecule has 0 atom stereocenters. The summed E-state index contributed by atoms with van der Waals surface area (Å²) < 4.78 is 8.70. The van der Waals surface area contributed by atoms with Crippen molar-refractivity contribution in [2.45, 2.75) is 24.1 Å². The molecule has 1 aromatic heterocycles. The number of nitrogens with one attached hydrogen (secondary N) is 1. The number of aromatic amines is 1. The topological polar surface area (TPSA) is 29.9 Å². The molecule has 0 saturated heterocycles. The minimum Gasteiger partial charge on any atom is -0.497 e. The Bertz CT molecular complexity index is 640. The Labute approximate surface area is 116 Å². The van der Waals surface area contributed by atoms with Crippen molar-refractivity contribution in [3.05, 3.63) is 23.0 Å². The van der Waals surface area contributed by atoms with Crippen molar-refractivity contribution in [2.75, 3.05) is 13.4 Å². The summed E-state index contributed by atoms with van der Waals surface area (Å²) >= 11 is 7.38. The molecule has 3 rings (SSSR count). The van der Waals surface area contributed by atoms with Gasteiger partial charge < -0.3 is 14.3 Å². The number of benzene rings is 1. The number of aromatic nitrogens is 2. The molecule has 3 nitrogen and oxygen atoms in total. The van der Waals surface area contributed by atoms with Crippen LogP contribution in [0, 0.1) is 4.77 Å². The highest BCUT2D eigenvalue weighted by molar-refractivity contribution is 8.00. The molecule has 1 aliphatic rings. The lowest BCUT2D eigenvalue weighted by Gasteiger charge is -2.13. The van der Waals surface area contributed by atoms with Crippen molar-refractivity contribution in [1.29, 1.82) is 0 Å². The van der Waals surface area contributed by atoms with Crippen LogP contribution in [-0.2, 0) is 6.54 Å². The molecule has 0 bridgehead atoms. The van der Waals surface area contributed by atoms with Crippen LogP contribution in [-0.4, -0.2) is 27.7 Å². The van der Waals surface area contributed by atoms with Crippen molar-refractivity contribution in [3.8, 4) is 5.75 Å². The van der Waals surface area contributed by atoms with E-state index in [0.717, 1.165) is 28.1 Å². The van der Waals surface area contributed by atoms with Gasteiger partial charge in [-0.3, -0.25) is 0 Å². The first-order valence-electron chi connectivity index (χ1n) is 5.99. The molecule has 0 spiro atoms. The third-order valence-electron chi connectivity index (χ3n) is 3.67. The fourth-order valence-electron chi connectivity index (χ4n) is 2.27. The molecule has 0 amide bonds. The molecular formula is C13H16N2OS2. The van der Waals surface area contributed by atoms with Crippen LogP contribution in [0.4, 0.5) is 0 Å². The van der Waals surface area contributed by atoms with Gasteiger partial charge in [0.15, 0.2) is 4.77 Å². The molecule has 1 N–H and O–H groups in total. The minimum absolute atomic E-state index is 0.399. The van der Waals surface area contributed by atoms with E-state index in [0.29, 0.717) is 4.75 Å². The van der Waals surface area contributed by atoms with Crippen LogP contribution < -0.4 is 4.74 Å². The lowest BCUT2D eigenvalue weighted by Crippen LogP contribution is -2.13. The Morgan fingerprint density at radius 2 is 2.28 bits per heavy atom. The third kappa shape index (κ3) is 1.95. The molecule has 5 heteroatoms. The molecule has 0 unspecified atom stereocenters. The van der Waals surface area contributed by atoms with Crippen LogP contribution in [0.25, 0.3) is 11.0 Å². The predicted molar refractivity (Wildman–Crippen MR) is 79.2 cm³/mol. The van der Waals surface area contributed by atoms with Crippen LogP contribution >= 0.6 is 24.0 Å². The highest BCUT2D eigenvalue weighted by atomic mass is 32.2. The smallest absolute Gasteiger partial charge is 0.178 e. The normalized spacial score (nSPS) is 17.0. The number of rotatable bonds is 4. The lowest BCUT2D eigenvalue weighted by molar-refractivity contribution is 0.415. The van der Waals surface area contributed by atoms with Crippen molar-refractivity contribution in [1.82, 2.24) is 9.55 Å². The van der Waals surface area contributed by atoms with E-state index in [2.05, 4.69) is 21.9 Å². The molecular weight excluding hydrogens is 264 g/mol. The van der Waals surface area contributed by atoms with Crippen molar-refractivity contribution in [2.24, 2.45) is 0 Å². The van der Waals surface area contributed by atoms with Gasteiger partial charge in [0.1, 0.15) is 5.75 Å². The molecule has 1 saturated carbocycles. The second kappa shape index (κ2) is 4.31. The van der Waals surface area contributed by atoms with Crippen LogP contribution in [0.2, 0.25) is 0 Å². The predicted octanol–water partition coefficient (Wildman–Crippen LogP) is 3.60. The molecule has 1 aromatic carbocycles. The number of hydrogen-bond donors (Lipinski definition) is 1. The number of hydrogen-bond acceptors (Lipinski definition) is 3. The van der Waals surface area contributed by atoms with Gasteiger partial charge in [-0.2, -0.15) is 11.8 Å². The van der Waals surface area contributed by atoms with E-state index in [1.165, 1.54) is 12.8 Å². The van der Waals surface area contributed by atoms with Gasteiger partial charge in [-0.1, -0.05) is 0 Å². The number of H-pyrrole nitrogens is 1. The highest BCUT2D eigenvalue weighted by Crippen LogP contribution is 2.48. The molecule has 2 aromatic rings. The Balaban J connectivity index is 2.09. The summed E-state index contributed by atoms with van der Waals surface area (Å²) in [5.41, 5.74) is 2.22. The Morgan fingerprint density at radius 3 is 2.89 bits per heavy atom. The second-order valence-corrected chi connectivity index (χ2v) is 6.45. The lowest BCUT2D eigenvalue weighted by atomic mass is 10.3. The van der Waals surface area contributed by atoms with E-state index >= 15 is 0 Å². The van der Waals surface area contributed by atoms with Crippen LogP contribution in [0.15, 0.2) is 18.2 Å². The van der Waals surface area contributed by atoms with Gasteiger partial charge in [-0.15, -0.1) is 0 Å². The van der Waals surface area contributed by atoms with Crippen LogP contribution in [0.5, 0.6) is 5.75 Å². The highest BCUT2D eigenvalue weighted by Gasteiger charge is 2.42. The van der Waals surface area contributed by atoms with Crippen molar-refractivity contribution < 1.29 is 4.74 Å². The van der Waals surface area contributed by atoms with Gasteiger partial charge in [0.2, 0.25) is 0 Å². The molecule has 1 aliphatic carbocycles. The maximum absolute atomic E-state index is 5.43. The first-order valence-corrected chi connectivity index (χ1v) is 7.62. The zero-order chi connectivity index (χ0) is 12.8. The van der Waals surface area contributed by atoms with Gasteiger partial charge in [0, 0.05) is 17.4 Å². The van der Waals surface area contributed by atoms with Crippen molar-refractivity contribution in [3.63, 3.8) is 0 Å². The number of fused-ring (bicyclic) bond motifs is 1. The zero-order valence-corrected chi connectivity index (χ0v) is 12.2. The standard InChI is InChI=1S/C13H16N2OS2/c1-16-9-3-4-10-11(7-9)15(12(17)14-10)8-13(18-2)5-6-13/h3-4,7H,5-6,8H2,1-2H3,(H,14,17). The molecule has 0 radical (unpaired) electrons. The average Bonchev–Trinajstić information content (AvgIpc) is 3.10. The largest absolute Gasteiger partial charge is 0.497 e. The fraction of sp³-hybridized carbons (Fsp3) is 0.462. The first kappa shape index (κ1) is 12.1. The monoisotopic (exact) mass is 280 g/mol. The van der Waals surface area contributed by atoms with Gasteiger partial charge >= 0.3 is 0 Å². The van der Waals surface area contributed by atoms with Crippen LogP contribution in [0.1, 0.15) is 12.8 Å². The van der Waals surface area contributed by atoms with Gasteiger partial charge in [-0.25, -0.2) is 0 Å². The van der Waals surface area contributed by atoms with E-state index in [9.17, 15) is 0 Å². The Morgan fingerprint density at radius 1 is 1.50 bits per heavy atom. The van der Waals surface area contributed by atoms with Crippen molar-refractivity contribution >= 4 is 35.0 Å². The summed E-state index contributed by atoms with van der Waals surface area (Å²) in [6.07, 6.45) is 4.76. The summed E-state index contributed by atoms with van der Waals surface area (Å²) in [6.45, 7) is 0.986. The van der Waals surface area contributed by atoms with E-state index < -0.39 is 0 Å². The summed E-state index contributed by atoms with van der Waals surface area (Å²) in [6, 6.07) is 6.04. The summed E-state index contributed by atoms with van der Waals surface area (Å²) in [7, 11) is 1.69. The number of ether oxygens (including phenoxy) is 1. The minimum atomic E-state index is 0.399. The third-order valence-corrected chi connectivity index (χ3v) is 5.40. The fourth-order valence-corrected chi connectivity index (χ4v) is 3.31. The maximum atomic E-state index is 5.43. The van der Waals surface area contributed by atoms with Crippen LogP contribution in [0.3, 0.4) is 0 Å². The van der Waals surface area contributed by atoms with E-state index in [1.54, 1.807) is 7.11 Å².